The number of nitro groups is 1. The molecule has 0 aliphatic carbocycles. The third-order valence-corrected chi connectivity index (χ3v) is 4.37. The predicted octanol–water partition coefficient (Wildman–Crippen LogP) is -0.513. The molecular formula is C12H15NO7S. The molecule has 1 aromatic carbocycles. The number of benzene rings is 1. The van der Waals surface area contributed by atoms with E-state index in [2.05, 4.69) is 0 Å². The van der Waals surface area contributed by atoms with Crippen LogP contribution in [0.3, 0.4) is 0 Å². The second-order valence-electron chi connectivity index (χ2n) is 4.54. The molecule has 1 aromatic rings. The zero-order chi connectivity index (χ0) is 15.6. The average molecular weight is 317 g/mol. The van der Waals surface area contributed by atoms with Gasteiger partial charge in [-0.2, -0.15) is 0 Å². The Morgan fingerprint density at radius 3 is 2.48 bits per heavy atom. The second-order valence-corrected chi connectivity index (χ2v) is 5.68. The molecule has 0 amide bonds. The molecule has 2 rings (SSSR count). The summed E-state index contributed by atoms with van der Waals surface area (Å²) in [5.74, 6) is 0. The van der Waals surface area contributed by atoms with Gasteiger partial charge in [0.2, 0.25) is 0 Å². The zero-order valence-electron chi connectivity index (χ0n) is 10.8. The minimum atomic E-state index is -1.50. The number of thioether (sulfide) groups is 1. The molecule has 1 fully saturated rings. The fourth-order valence-electron chi connectivity index (χ4n) is 2.00. The monoisotopic (exact) mass is 317 g/mol. The van der Waals surface area contributed by atoms with Gasteiger partial charge in [0.25, 0.3) is 5.69 Å². The highest BCUT2D eigenvalue weighted by Crippen LogP contribution is 2.37. The topological polar surface area (TPSA) is 133 Å². The van der Waals surface area contributed by atoms with Gasteiger partial charge in [0.1, 0.15) is 29.9 Å². The molecule has 8 nitrogen and oxygen atoms in total. The summed E-state index contributed by atoms with van der Waals surface area (Å²) in [5.41, 5.74) is -1.19. The molecule has 0 radical (unpaired) electrons. The van der Waals surface area contributed by atoms with Gasteiger partial charge in [0.15, 0.2) is 0 Å². The standard InChI is InChI=1S/C12H15NO7S/c14-5-7-9(15)10(16)11(17)12(20-7)21-8-4-2-1-3-6(8)13(18)19/h1-4,7,9-12,14-17H,5H2/t7-,9-,10+,11+,12-/m0/s1. The van der Waals surface area contributed by atoms with Gasteiger partial charge < -0.3 is 25.2 Å². The third kappa shape index (κ3) is 3.34. The Balaban J connectivity index is 2.20. The first kappa shape index (κ1) is 16.1. The zero-order valence-corrected chi connectivity index (χ0v) is 11.6. The normalized spacial score (nSPS) is 32.9. The summed E-state index contributed by atoms with van der Waals surface area (Å²) in [5, 5.41) is 49.3. The summed E-state index contributed by atoms with van der Waals surface area (Å²) in [7, 11) is 0. The molecule has 4 N–H and O–H groups in total. The number of nitrogens with zero attached hydrogens (tertiary/aromatic N) is 1. The van der Waals surface area contributed by atoms with Crippen molar-refractivity contribution in [3.63, 3.8) is 0 Å². The van der Waals surface area contributed by atoms with Crippen LogP contribution in [0, 0.1) is 10.1 Å². The fraction of sp³-hybridized carbons (Fsp3) is 0.500. The number of hydrogen-bond donors (Lipinski definition) is 4. The highest BCUT2D eigenvalue weighted by molar-refractivity contribution is 8.00. The maximum absolute atomic E-state index is 10.9. The van der Waals surface area contributed by atoms with Crippen LogP contribution in [-0.2, 0) is 4.74 Å². The Bertz CT molecular complexity index is 512. The highest BCUT2D eigenvalue weighted by Gasteiger charge is 2.44. The van der Waals surface area contributed by atoms with E-state index in [1.54, 1.807) is 6.07 Å². The SMILES string of the molecule is O=[N+]([O-])c1ccccc1S[C@@H]1O[C@@H](CO)[C@H](O)[C@@H](O)[C@H]1O. The average Bonchev–Trinajstić information content (AvgIpc) is 2.48. The maximum Gasteiger partial charge on any atom is 0.282 e. The van der Waals surface area contributed by atoms with Gasteiger partial charge in [-0.1, -0.05) is 23.9 Å². The summed E-state index contributed by atoms with van der Waals surface area (Å²) < 4.78 is 5.30. The van der Waals surface area contributed by atoms with E-state index in [1.165, 1.54) is 18.2 Å². The fourth-order valence-corrected chi connectivity index (χ4v) is 3.17. The Morgan fingerprint density at radius 2 is 1.86 bits per heavy atom. The van der Waals surface area contributed by atoms with E-state index in [1.807, 2.05) is 0 Å². The molecule has 5 atom stereocenters. The van der Waals surface area contributed by atoms with Gasteiger partial charge in [-0.25, -0.2) is 0 Å². The van der Waals surface area contributed by atoms with Crippen LogP contribution < -0.4 is 0 Å². The van der Waals surface area contributed by atoms with Crippen molar-refractivity contribution in [3.05, 3.63) is 34.4 Å². The van der Waals surface area contributed by atoms with E-state index in [4.69, 9.17) is 9.84 Å². The van der Waals surface area contributed by atoms with E-state index >= 15 is 0 Å². The summed E-state index contributed by atoms with van der Waals surface area (Å²) in [4.78, 5) is 10.6. The molecule has 21 heavy (non-hydrogen) atoms. The molecule has 0 unspecified atom stereocenters. The van der Waals surface area contributed by atoms with Crippen molar-refractivity contribution >= 4 is 17.4 Å². The van der Waals surface area contributed by atoms with E-state index in [-0.39, 0.29) is 10.6 Å². The van der Waals surface area contributed by atoms with Crippen LogP contribution in [0.25, 0.3) is 0 Å². The molecule has 1 aliphatic heterocycles. The lowest BCUT2D eigenvalue weighted by atomic mass is 10.0. The van der Waals surface area contributed by atoms with Crippen LogP contribution in [0.5, 0.6) is 0 Å². The van der Waals surface area contributed by atoms with Gasteiger partial charge in [-0.15, -0.1) is 0 Å². The number of para-hydroxylation sites is 1. The molecule has 1 saturated heterocycles. The van der Waals surface area contributed by atoms with E-state index in [0.29, 0.717) is 0 Å². The number of aliphatic hydroxyl groups is 4. The number of nitro benzene ring substituents is 1. The van der Waals surface area contributed by atoms with Crippen molar-refractivity contribution in [2.24, 2.45) is 0 Å². The van der Waals surface area contributed by atoms with Crippen molar-refractivity contribution in [2.45, 2.75) is 34.7 Å². The van der Waals surface area contributed by atoms with E-state index in [9.17, 15) is 25.4 Å². The molecule has 0 bridgehead atoms. The quantitative estimate of drug-likeness (QED) is 0.431. The van der Waals surface area contributed by atoms with Gasteiger partial charge in [0, 0.05) is 6.07 Å². The third-order valence-electron chi connectivity index (χ3n) is 3.15. The molecule has 1 heterocycles. The van der Waals surface area contributed by atoms with Gasteiger partial charge in [0.05, 0.1) is 16.4 Å². The Labute approximate surface area is 124 Å². The van der Waals surface area contributed by atoms with Gasteiger partial charge in [-0.3, -0.25) is 10.1 Å². The summed E-state index contributed by atoms with van der Waals surface area (Å²) >= 11 is 0.856. The molecule has 0 saturated carbocycles. The first-order chi connectivity index (χ1) is 9.95. The lowest BCUT2D eigenvalue weighted by molar-refractivity contribution is -0.387. The number of hydrogen-bond acceptors (Lipinski definition) is 8. The molecule has 116 valence electrons. The van der Waals surface area contributed by atoms with Crippen LogP contribution in [0.4, 0.5) is 5.69 Å². The summed E-state index contributed by atoms with van der Waals surface area (Å²) in [6.07, 6.45) is -5.43. The Morgan fingerprint density at radius 1 is 1.19 bits per heavy atom. The Hall–Kier alpha value is -1.23. The number of rotatable bonds is 4. The van der Waals surface area contributed by atoms with Gasteiger partial charge >= 0.3 is 0 Å². The van der Waals surface area contributed by atoms with E-state index < -0.39 is 41.4 Å². The molecular weight excluding hydrogens is 302 g/mol. The molecule has 9 heteroatoms. The summed E-state index contributed by atoms with van der Waals surface area (Å²) in [6, 6.07) is 5.91. The van der Waals surface area contributed by atoms with Crippen molar-refractivity contribution in [1.82, 2.24) is 0 Å². The maximum atomic E-state index is 10.9. The largest absolute Gasteiger partial charge is 0.394 e. The van der Waals surface area contributed by atoms with Crippen molar-refractivity contribution in [2.75, 3.05) is 6.61 Å². The van der Waals surface area contributed by atoms with Crippen molar-refractivity contribution < 1.29 is 30.1 Å². The molecule has 1 aliphatic rings. The first-order valence-corrected chi connectivity index (χ1v) is 7.04. The summed E-state index contributed by atoms with van der Waals surface area (Å²) in [6.45, 7) is -0.543. The first-order valence-electron chi connectivity index (χ1n) is 6.16. The molecule has 0 aromatic heterocycles. The number of aliphatic hydroxyl groups excluding tert-OH is 4. The minimum Gasteiger partial charge on any atom is -0.394 e. The minimum absolute atomic E-state index is 0.153. The van der Waals surface area contributed by atoms with Crippen LogP contribution >= 0.6 is 11.8 Å². The lowest BCUT2D eigenvalue weighted by Crippen LogP contribution is -2.57. The van der Waals surface area contributed by atoms with Crippen LogP contribution in [0.15, 0.2) is 29.2 Å². The van der Waals surface area contributed by atoms with Crippen LogP contribution in [0.1, 0.15) is 0 Å². The van der Waals surface area contributed by atoms with Crippen molar-refractivity contribution in [1.29, 1.82) is 0 Å². The number of ether oxygens (including phenoxy) is 1. The smallest absolute Gasteiger partial charge is 0.282 e. The van der Waals surface area contributed by atoms with Crippen LogP contribution in [-0.4, -0.2) is 61.8 Å². The predicted molar refractivity (Wildman–Crippen MR) is 72.7 cm³/mol. The Kier molecular flexibility index (Phi) is 5.14. The lowest BCUT2D eigenvalue weighted by Gasteiger charge is -2.39. The van der Waals surface area contributed by atoms with Crippen molar-refractivity contribution in [3.8, 4) is 0 Å². The molecule has 0 spiro atoms. The highest BCUT2D eigenvalue weighted by atomic mass is 32.2. The van der Waals surface area contributed by atoms with Gasteiger partial charge in [-0.05, 0) is 6.07 Å². The van der Waals surface area contributed by atoms with Crippen LogP contribution in [0.2, 0.25) is 0 Å². The van der Waals surface area contributed by atoms with E-state index in [0.717, 1.165) is 11.8 Å². The second kappa shape index (κ2) is 6.69.